The number of hydrogen-bond acceptors (Lipinski definition) is 6. The minimum absolute atomic E-state index is 0.173. The molecule has 1 fully saturated rings. The van der Waals surface area contributed by atoms with Crippen LogP contribution in [0.2, 0.25) is 36.3 Å². The lowest BCUT2D eigenvalue weighted by atomic mass is 10.00. The SMILES string of the molecule is CCCC1OC=C(C(=O)O[Si](C)(C)C(C)(C)C)N1C1(O[Si](C)(C)C(C)(C)C)NC(=O)CC1C(F)(F)F. The van der Waals surface area contributed by atoms with Crippen molar-refractivity contribution in [1.29, 1.82) is 0 Å². The molecule has 36 heavy (non-hydrogen) atoms. The van der Waals surface area contributed by atoms with E-state index in [2.05, 4.69) is 5.32 Å². The highest BCUT2D eigenvalue weighted by atomic mass is 28.4. The number of amides is 1. The van der Waals surface area contributed by atoms with Crippen LogP contribution >= 0.6 is 0 Å². The van der Waals surface area contributed by atoms with E-state index in [0.29, 0.717) is 12.8 Å². The average molecular weight is 553 g/mol. The lowest BCUT2D eigenvalue weighted by Gasteiger charge is -2.51. The normalized spacial score (nSPS) is 26.0. The Morgan fingerprint density at radius 2 is 1.64 bits per heavy atom. The van der Waals surface area contributed by atoms with Crippen molar-refractivity contribution in [2.24, 2.45) is 5.92 Å². The maximum atomic E-state index is 14.6. The number of halogens is 3. The monoisotopic (exact) mass is 552 g/mol. The van der Waals surface area contributed by atoms with Crippen molar-refractivity contribution >= 4 is 28.5 Å². The molecule has 0 radical (unpaired) electrons. The first-order valence-electron chi connectivity index (χ1n) is 12.5. The number of ether oxygens (including phenoxy) is 1. The van der Waals surface area contributed by atoms with Gasteiger partial charge >= 0.3 is 12.1 Å². The molecule has 0 aliphatic carbocycles. The summed E-state index contributed by atoms with van der Waals surface area (Å²) in [7, 11) is -5.56. The largest absolute Gasteiger partial charge is 0.514 e. The minimum Gasteiger partial charge on any atom is -0.514 e. The van der Waals surface area contributed by atoms with Crippen LogP contribution in [0.15, 0.2) is 12.0 Å². The third-order valence-electron chi connectivity index (χ3n) is 7.93. The van der Waals surface area contributed by atoms with E-state index in [1.54, 1.807) is 0 Å². The Morgan fingerprint density at radius 3 is 2.08 bits per heavy atom. The van der Waals surface area contributed by atoms with Gasteiger partial charge in [0.25, 0.3) is 8.32 Å². The predicted octanol–water partition coefficient (Wildman–Crippen LogP) is 6.21. The van der Waals surface area contributed by atoms with Crippen molar-refractivity contribution < 1.29 is 36.3 Å². The summed E-state index contributed by atoms with van der Waals surface area (Å²) in [6.07, 6.45) is -4.49. The van der Waals surface area contributed by atoms with Gasteiger partial charge in [-0.3, -0.25) is 9.69 Å². The van der Waals surface area contributed by atoms with E-state index in [1.807, 2.05) is 74.7 Å². The van der Waals surface area contributed by atoms with Gasteiger partial charge in [0.15, 0.2) is 20.2 Å². The van der Waals surface area contributed by atoms with Crippen molar-refractivity contribution in [3.8, 4) is 0 Å². The fourth-order valence-corrected chi connectivity index (χ4v) is 6.00. The molecule has 12 heteroatoms. The highest BCUT2D eigenvalue weighted by molar-refractivity contribution is 6.75. The van der Waals surface area contributed by atoms with Crippen molar-refractivity contribution in [3.05, 3.63) is 12.0 Å². The molecule has 0 saturated carbocycles. The molecule has 2 aliphatic heterocycles. The second-order valence-corrected chi connectivity index (χ2v) is 22.3. The molecule has 7 nitrogen and oxygen atoms in total. The second-order valence-electron chi connectivity index (χ2n) is 12.8. The highest BCUT2D eigenvalue weighted by Gasteiger charge is 2.68. The van der Waals surface area contributed by atoms with Crippen LogP contribution in [-0.2, 0) is 23.2 Å². The second kappa shape index (κ2) is 9.65. The van der Waals surface area contributed by atoms with E-state index < -0.39 is 64.1 Å². The number of carbonyl (C=O) groups is 2. The lowest BCUT2D eigenvalue weighted by molar-refractivity contribution is -0.263. The van der Waals surface area contributed by atoms with E-state index in [9.17, 15) is 22.8 Å². The highest BCUT2D eigenvalue weighted by Crippen LogP contribution is 2.51. The Balaban J connectivity index is 2.72. The first-order valence-corrected chi connectivity index (χ1v) is 18.3. The summed E-state index contributed by atoms with van der Waals surface area (Å²) in [5.41, 5.74) is -0.173. The minimum atomic E-state index is -4.78. The number of rotatable bonds is 7. The van der Waals surface area contributed by atoms with Crippen LogP contribution in [0.1, 0.15) is 67.7 Å². The van der Waals surface area contributed by atoms with Crippen LogP contribution in [0, 0.1) is 5.92 Å². The maximum Gasteiger partial charge on any atom is 0.398 e. The zero-order valence-electron chi connectivity index (χ0n) is 23.5. The fraction of sp³-hybridized carbons (Fsp3) is 0.833. The fourth-order valence-electron chi connectivity index (χ4n) is 3.75. The Hall–Kier alpha value is -1.54. The molecular weight excluding hydrogens is 509 g/mol. The quantitative estimate of drug-likeness (QED) is 0.379. The van der Waals surface area contributed by atoms with Crippen LogP contribution in [0.5, 0.6) is 0 Å². The Labute approximate surface area is 215 Å². The summed E-state index contributed by atoms with van der Waals surface area (Å²) < 4.78 is 61.9. The molecule has 0 aromatic heterocycles. The van der Waals surface area contributed by atoms with Gasteiger partial charge in [0.1, 0.15) is 12.2 Å². The van der Waals surface area contributed by atoms with Crippen molar-refractivity contribution in [1.82, 2.24) is 10.2 Å². The van der Waals surface area contributed by atoms with Gasteiger partial charge in [0.2, 0.25) is 11.8 Å². The van der Waals surface area contributed by atoms with Crippen LogP contribution in [0.25, 0.3) is 0 Å². The number of alkyl halides is 3. The molecule has 0 aromatic carbocycles. The van der Waals surface area contributed by atoms with E-state index in [1.165, 1.54) is 4.90 Å². The van der Waals surface area contributed by atoms with Crippen LogP contribution < -0.4 is 5.32 Å². The lowest BCUT2D eigenvalue weighted by Crippen LogP contribution is -2.70. The molecule has 0 bridgehead atoms. The third kappa shape index (κ3) is 5.80. The van der Waals surface area contributed by atoms with Gasteiger partial charge in [-0.05, 0) is 36.3 Å². The van der Waals surface area contributed by atoms with E-state index in [0.717, 1.165) is 6.26 Å². The molecule has 3 atom stereocenters. The summed E-state index contributed by atoms with van der Waals surface area (Å²) in [6, 6.07) is 0. The number of hydrogen-bond donors (Lipinski definition) is 1. The zero-order chi connectivity index (χ0) is 28.1. The predicted molar refractivity (Wildman–Crippen MR) is 136 cm³/mol. The first-order chi connectivity index (χ1) is 16.0. The van der Waals surface area contributed by atoms with Gasteiger partial charge in [-0.15, -0.1) is 0 Å². The van der Waals surface area contributed by atoms with Gasteiger partial charge in [0.05, 0.1) is 0 Å². The van der Waals surface area contributed by atoms with E-state index >= 15 is 0 Å². The first kappa shape index (κ1) is 30.7. The smallest absolute Gasteiger partial charge is 0.398 e. The molecule has 0 aromatic rings. The van der Waals surface area contributed by atoms with Crippen molar-refractivity contribution in [3.63, 3.8) is 0 Å². The van der Waals surface area contributed by atoms with Crippen molar-refractivity contribution in [2.75, 3.05) is 0 Å². The summed E-state index contributed by atoms with van der Waals surface area (Å²) in [6.45, 7) is 20.8. The molecule has 0 spiro atoms. The van der Waals surface area contributed by atoms with Crippen LogP contribution in [-0.4, -0.2) is 51.7 Å². The molecule has 1 amide bonds. The Bertz CT molecular complexity index is 894. The number of nitrogens with zero attached hydrogens (tertiary/aromatic N) is 1. The zero-order valence-corrected chi connectivity index (χ0v) is 25.5. The third-order valence-corrected chi connectivity index (χ3v) is 16.7. The van der Waals surface area contributed by atoms with Crippen LogP contribution in [0.3, 0.4) is 0 Å². The van der Waals surface area contributed by atoms with Gasteiger partial charge < -0.3 is 18.9 Å². The van der Waals surface area contributed by atoms with Crippen LogP contribution in [0.4, 0.5) is 13.2 Å². The number of nitrogens with one attached hydrogen (secondary N) is 1. The molecule has 2 aliphatic rings. The summed E-state index contributed by atoms with van der Waals surface area (Å²) in [4.78, 5) is 27.4. The Morgan fingerprint density at radius 1 is 1.11 bits per heavy atom. The van der Waals surface area contributed by atoms with Gasteiger partial charge in [-0.25, -0.2) is 4.79 Å². The van der Waals surface area contributed by atoms with Gasteiger partial charge in [-0.1, -0.05) is 54.9 Å². The van der Waals surface area contributed by atoms with Crippen molar-refractivity contribution in [2.45, 2.75) is 122 Å². The maximum absolute atomic E-state index is 14.6. The number of carbonyl (C=O) groups excluding carboxylic acids is 2. The topological polar surface area (TPSA) is 77.1 Å². The molecule has 2 heterocycles. The standard InChI is InChI=1S/C24H43F3N2O5Si2/c1-12-13-19-29(16(15-32-19)20(31)33-35(8,9)21(2,3)4)24(34-36(10,11)22(5,6)7)17(23(25,26)27)14-18(30)28-24/h15,17,19H,12-14H2,1-11H3,(H,28,30). The Kier molecular flexibility index (Phi) is 8.22. The summed E-state index contributed by atoms with van der Waals surface area (Å²) in [5, 5.41) is 1.73. The van der Waals surface area contributed by atoms with Gasteiger partial charge in [-0.2, -0.15) is 13.2 Å². The molecule has 1 saturated heterocycles. The molecule has 2 rings (SSSR count). The van der Waals surface area contributed by atoms with E-state index in [4.69, 9.17) is 13.6 Å². The molecule has 208 valence electrons. The molecule has 3 unspecified atom stereocenters. The van der Waals surface area contributed by atoms with E-state index in [-0.39, 0.29) is 10.7 Å². The summed E-state index contributed by atoms with van der Waals surface area (Å²) in [5.74, 6) is -6.13. The van der Waals surface area contributed by atoms with Gasteiger partial charge in [0, 0.05) is 12.8 Å². The summed E-state index contributed by atoms with van der Waals surface area (Å²) >= 11 is 0. The average Bonchev–Trinajstić information content (AvgIpc) is 3.21. The molecule has 1 N–H and O–H groups in total. The molecular formula is C24H43F3N2O5Si2.